The molecule has 8 nitrogen and oxygen atoms in total. The van der Waals surface area contributed by atoms with Gasteiger partial charge in [0.05, 0.1) is 7.05 Å². The lowest BCUT2D eigenvalue weighted by atomic mass is 9.80. The molecule has 2 N–H and O–H groups in total. The summed E-state index contributed by atoms with van der Waals surface area (Å²) in [6.45, 7) is 0. The van der Waals surface area contributed by atoms with Crippen molar-refractivity contribution in [3.05, 3.63) is 29.8 Å². The van der Waals surface area contributed by atoms with Crippen molar-refractivity contribution in [2.75, 3.05) is 7.05 Å². The molecule has 3 rings (SSSR count). The summed E-state index contributed by atoms with van der Waals surface area (Å²) in [6, 6.07) is 6.97. The van der Waals surface area contributed by atoms with Gasteiger partial charge in [-0.1, -0.05) is 31.4 Å². The third-order valence-corrected chi connectivity index (χ3v) is 4.64. The predicted molar refractivity (Wildman–Crippen MR) is 91.6 cm³/mol. The number of rotatable bonds is 4. The van der Waals surface area contributed by atoms with Crippen LogP contribution in [0.15, 0.2) is 24.3 Å². The number of aromatic nitrogens is 4. The van der Waals surface area contributed by atoms with Crippen molar-refractivity contribution < 1.29 is 9.59 Å². The molecule has 25 heavy (non-hydrogen) atoms. The Labute approximate surface area is 146 Å². The first-order valence-electron chi connectivity index (χ1n) is 8.43. The normalized spacial score (nSPS) is 16.2. The smallest absolute Gasteiger partial charge is 0.252 e. The van der Waals surface area contributed by atoms with E-state index in [1.165, 1.54) is 4.80 Å². The number of amides is 2. The second-order valence-corrected chi connectivity index (χ2v) is 6.36. The Morgan fingerprint density at radius 3 is 2.36 bits per heavy atom. The summed E-state index contributed by atoms with van der Waals surface area (Å²) in [6.07, 6.45) is 4.30. The molecule has 0 aliphatic heterocycles. The second-order valence-electron chi connectivity index (χ2n) is 6.36. The Morgan fingerprint density at radius 1 is 1.12 bits per heavy atom. The number of nitrogens with one attached hydrogen (secondary N) is 2. The van der Waals surface area contributed by atoms with Crippen molar-refractivity contribution in [1.82, 2.24) is 30.8 Å². The summed E-state index contributed by atoms with van der Waals surface area (Å²) in [5.41, 5.74) is 0.472. The molecule has 1 fully saturated rings. The molecule has 1 saturated carbocycles. The third-order valence-electron chi connectivity index (χ3n) is 4.64. The number of hydrogen-bond acceptors (Lipinski definition) is 5. The Hall–Kier alpha value is -2.77. The zero-order chi connectivity index (χ0) is 17.9. The molecule has 2 aromatic rings. The Kier molecular flexibility index (Phi) is 4.78. The number of benzene rings is 1. The van der Waals surface area contributed by atoms with Crippen molar-refractivity contribution >= 4 is 11.8 Å². The van der Waals surface area contributed by atoms with E-state index in [1.807, 2.05) is 0 Å². The van der Waals surface area contributed by atoms with E-state index < -0.39 is 5.54 Å². The quantitative estimate of drug-likeness (QED) is 0.865. The topological polar surface area (TPSA) is 102 Å². The number of aryl methyl sites for hydroxylation is 1. The van der Waals surface area contributed by atoms with Crippen molar-refractivity contribution in [3.8, 4) is 11.4 Å². The summed E-state index contributed by atoms with van der Waals surface area (Å²) in [4.78, 5) is 26.4. The van der Waals surface area contributed by atoms with E-state index in [4.69, 9.17) is 0 Å². The fraction of sp³-hybridized carbons (Fsp3) is 0.471. The van der Waals surface area contributed by atoms with Crippen LogP contribution >= 0.6 is 0 Å². The van der Waals surface area contributed by atoms with E-state index in [9.17, 15) is 9.59 Å². The largest absolute Gasteiger partial charge is 0.357 e. The number of nitrogens with zero attached hydrogens (tertiary/aromatic N) is 4. The van der Waals surface area contributed by atoms with E-state index in [1.54, 1.807) is 38.4 Å². The fourth-order valence-electron chi connectivity index (χ4n) is 3.26. The fourth-order valence-corrected chi connectivity index (χ4v) is 3.26. The summed E-state index contributed by atoms with van der Waals surface area (Å²) in [5.74, 6) is 0.133. The zero-order valence-electron chi connectivity index (χ0n) is 14.5. The molecule has 1 aromatic heterocycles. The minimum atomic E-state index is -0.810. The van der Waals surface area contributed by atoms with E-state index in [0.717, 1.165) is 24.8 Å². The molecule has 0 atom stereocenters. The molecule has 8 heteroatoms. The van der Waals surface area contributed by atoms with Crippen molar-refractivity contribution in [2.24, 2.45) is 7.05 Å². The summed E-state index contributed by atoms with van der Waals surface area (Å²) in [7, 11) is 3.30. The highest BCUT2D eigenvalue weighted by Crippen LogP contribution is 2.29. The summed E-state index contributed by atoms with van der Waals surface area (Å²) < 4.78 is 0. The van der Waals surface area contributed by atoms with Gasteiger partial charge in [-0.3, -0.25) is 9.59 Å². The number of carbonyl (C=O) groups excluding carboxylic acids is 2. The maximum atomic E-state index is 12.7. The lowest BCUT2D eigenvalue weighted by Gasteiger charge is -2.36. The average molecular weight is 342 g/mol. The van der Waals surface area contributed by atoms with E-state index in [2.05, 4.69) is 26.0 Å². The molecule has 1 aliphatic rings. The first-order chi connectivity index (χ1) is 12.0. The molecule has 0 radical (unpaired) electrons. The minimum absolute atomic E-state index is 0.124. The third kappa shape index (κ3) is 3.52. The first-order valence-corrected chi connectivity index (χ1v) is 8.43. The maximum Gasteiger partial charge on any atom is 0.252 e. The Morgan fingerprint density at radius 2 is 1.80 bits per heavy atom. The molecule has 0 saturated heterocycles. The molecule has 1 heterocycles. The van der Waals surface area contributed by atoms with Crippen LogP contribution in [-0.4, -0.2) is 44.6 Å². The SMILES string of the molecule is CNC(=O)C1(NC(=O)c2ccc(-c3nnn(C)n3)cc2)CCCCC1. The Bertz CT molecular complexity index is 762. The van der Waals surface area contributed by atoms with Crippen LogP contribution in [-0.2, 0) is 11.8 Å². The molecule has 132 valence electrons. The number of carbonyl (C=O) groups is 2. The van der Waals surface area contributed by atoms with Gasteiger partial charge < -0.3 is 10.6 Å². The molecule has 0 spiro atoms. The van der Waals surface area contributed by atoms with Gasteiger partial charge in [-0.05, 0) is 30.2 Å². The molecule has 0 unspecified atom stereocenters. The standard InChI is InChI=1S/C17H22N6O2/c1-18-16(25)17(10-4-3-5-11-17)19-15(24)13-8-6-12(7-9-13)14-20-22-23(2)21-14/h6-9H,3-5,10-11H2,1-2H3,(H,18,25)(H,19,24). The van der Waals surface area contributed by atoms with Crippen LogP contribution in [0.2, 0.25) is 0 Å². The van der Waals surface area contributed by atoms with Crippen LogP contribution in [0.1, 0.15) is 42.5 Å². The van der Waals surface area contributed by atoms with Crippen LogP contribution in [0.4, 0.5) is 0 Å². The summed E-state index contributed by atoms with van der Waals surface area (Å²) in [5, 5.41) is 17.5. The van der Waals surface area contributed by atoms with Gasteiger partial charge in [-0.25, -0.2) is 0 Å². The van der Waals surface area contributed by atoms with Crippen LogP contribution in [0.25, 0.3) is 11.4 Å². The molecule has 1 aromatic carbocycles. The van der Waals surface area contributed by atoms with Crippen molar-refractivity contribution in [1.29, 1.82) is 0 Å². The average Bonchev–Trinajstić information content (AvgIpc) is 3.08. The monoisotopic (exact) mass is 342 g/mol. The molecule has 1 aliphatic carbocycles. The van der Waals surface area contributed by atoms with Crippen LogP contribution < -0.4 is 10.6 Å². The highest BCUT2D eigenvalue weighted by atomic mass is 16.2. The predicted octanol–water partition coefficient (Wildman–Crippen LogP) is 1.06. The Balaban J connectivity index is 1.76. The second kappa shape index (κ2) is 7.00. The van der Waals surface area contributed by atoms with Gasteiger partial charge in [-0.2, -0.15) is 4.80 Å². The highest BCUT2D eigenvalue weighted by Gasteiger charge is 2.40. The van der Waals surface area contributed by atoms with Gasteiger partial charge in [0, 0.05) is 18.2 Å². The van der Waals surface area contributed by atoms with Crippen LogP contribution in [0, 0.1) is 0 Å². The number of hydrogen-bond donors (Lipinski definition) is 2. The van der Waals surface area contributed by atoms with Crippen molar-refractivity contribution in [3.63, 3.8) is 0 Å². The highest BCUT2D eigenvalue weighted by molar-refractivity contribution is 5.99. The molecule has 2 amide bonds. The molecular formula is C17H22N6O2. The zero-order valence-corrected chi connectivity index (χ0v) is 14.5. The van der Waals surface area contributed by atoms with Gasteiger partial charge in [0.15, 0.2) is 0 Å². The van der Waals surface area contributed by atoms with Gasteiger partial charge in [0.2, 0.25) is 11.7 Å². The van der Waals surface area contributed by atoms with Gasteiger partial charge in [0.1, 0.15) is 5.54 Å². The van der Waals surface area contributed by atoms with Crippen molar-refractivity contribution in [2.45, 2.75) is 37.6 Å². The molecular weight excluding hydrogens is 320 g/mol. The maximum absolute atomic E-state index is 12.7. The lowest BCUT2D eigenvalue weighted by Crippen LogP contribution is -2.59. The lowest BCUT2D eigenvalue weighted by molar-refractivity contribution is -0.128. The van der Waals surface area contributed by atoms with Gasteiger partial charge in [-0.15, -0.1) is 10.2 Å². The van der Waals surface area contributed by atoms with E-state index in [0.29, 0.717) is 24.2 Å². The first kappa shape index (κ1) is 17.1. The van der Waals surface area contributed by atoms with Gasteiger partial charge >= 0.3 is 0 Å². The number of likely N-dealkylation sites (N-methyl/N-ethyl adjacent to an activating group) is 1. The minimum Gasteiger partial charge on any atom is -0.357 e. The summed E-state index contributed by atoms with van der Waals surface area (Å²) >= 11 is 0. The number of tetrazole rings is 1. The van der Waals surface area contributed by atoms with Crippen LogP contribution in [0.5, 0.6) is 0 Å². The van der Waals surface area contributed by atoms with Gasteiger partial charge in [0.25, 0.3) is 5.91 Å². The molecule has 0 bridgehead atoms. The van der Waals surface area contributed by atoms with Crippen LogP contribution in [0.3, 0.4) is 0 Å². The van der Waals surface area contributed by atoms with E-state index in [-0.39, 0.29) is 11.8 Å². The van der Waals surface area contributed by atoms with E-state index >= 15 is 0 Å².